The molecule has 0 saturated carbocycles. The molecule has 0 unspecified atom stereocenters. The lowest BCUT2D eigenvalue weighted by molar-refractivity contribution is -0.131. The second kappa shape index (κ2) is 6.60. The molecule has 0 spiro atoms. The Morgan fingerprint density at radius 1 is 1.27 bits per heavy atom. The van der Waals surface area contributed by atoms with Crippen molar-refractivity contribution in [1.29, 1.82) is 0 Å². The maximum absolute atomic E-state index is 12.5. The molecule has 0 radical (unpaired) electrons. The quantitative estimate of drug-likeness (QED) is 0.873. The Kier molecular flexibility index (Phi) is 4.57. The molecule has 0 aromatic carbocycles. The molecule has 118 valence electrons. The minimum atomic E-state index is -0.107. The van der Waals surface area contributed by atoms with Crippen molar-refractivity contribution >= 4 is 27.5 Å². The van der Waals surface area contributed by atoms with Gasteiger partial charge < -0.3 is 4.90 Å². The first-order chi connectivity index (χ1) is 10.7. The van der Waals surface area contributed by atoms with Crippen LogP contribution in [0.4, 0.5) is 0 Å². The monoisotopic (exact) mass is 319 g/mol. The molecule has 22 heavy (non-hydrogen) atoms. The van der Waals surface area contributed by atoms with Crippen molar-refractivity contribution in [3.05, 3.63) is 27.6 Å². The number of aryl methyl sites for hydroxylation is 1. The highest BCUT2D eigenvalue weighted by Crippen LogP contribution is 2.21. The van der Waals surface area contributed by atoms with E-state index in [1.54, 1.807) is 11.3 Å². The van der Waals surface area contributed by atoms with Crippen molar-refractivity contribution in [2.24, 2.45) is 0 Å². The summed E-state index contributed by atoms with van der Waals surface area (Å²) in [5.41, 5.74) is -0.107. The van der Waals surface area contributed by atoms with E-state index < -0.39 is 0 Å². The Morgan fingerprint density at radius 3 is 2.68 bits per heavy atom. The normalized spacial score (nSPS) is 16.0. The van der Waals surface area contributed by atoms with E-state index in [1.165, 1.54) is 23.7 Å². The third-order valence-electron chi connectivity index (χ3n) is 4.18. The van der Waals surface area contributed by atoms with Gasteiger partial charge in [-0.05, 0) is 25.3 Å². The number of nitrogens with zero attached hydrogens (tertiary/aromatic N) is 3. The van der Waals surface area contributed by atoms with Gasteiger partial charge in [-0.2, -0.15) is 0 Å². The van der Waals surface area contributed by atoms with Crippen molar-refractivity contribution < 1.29 is 4.79 Å². The highest BCUT2D eigenvalue weighted by atomic mass is 32.1. The molecule has 1 saturated heterocycles. The van der Waals surface area contributed by atoms with Crippen molar-refractivity contribution in [3.63, 3.8) is 0 Å². The predicted octanol–water partition coefficient (Wildman–Crippen LogP) is 2.42. The summed E-state index contributed by atoms with van der Waals surface area (Å²) in [6, 6.07) is 1.91. The summed E-state index contributed by atoms with van der Waals surface area (Å²) in [5.74, 6) is 0.0242. The summed E-state index contributed by atoms with van der Waals surface area (Å²) in [6.45, 7) is 3.77. The molecule has 0 aliphatic carbocycles. The van der Waals surface area contributed by atoms with Gasteiger partial charge in [-0.3, -0.25) is 14.2 Å². The zero-order chi connectivity index (χ0) is 15.5. The minimum absolute atomic E-state index is 0.0242. The fourth-order valence-corrected chi connectivity index (χ4v) is 3.79. The number of likely N-dealkylation sites (tertiary alicyclic amines) is 1. The van der Waals surface area contributed by atoms with E-state index in [0.717, 1.165) is 42.1 Å². The van der Waals surface area contributed by atoms with Crippen LogP contribution in [0.3, 0.4) is 0 Å². The summed E-state index contributed by atoms with van der Waals surface area (Å²) in [5, 5.41) is 0.632. The standard InChI is InChI=1S/C16H21N3O2S/c1-2-12-9-13-15(22-12)17-11-19(16(13)21)10-14(20)18-7-5-3-4-6-8-18/h9,11H,2-8,10H2,1H3. The molecule has 3 heterocycles. The first kappa shape index (κ1) is 15.2. The lowest BCUT2D eigenvalue weighted by Gasteiger charge is -2.20. The fourth-order valence-electron chi connectivity index (χ4n) is 2.86. The fraction of sp³-hybridized carbons (Fsp3) is 0.562. The van der Waals surface area contributed by atoms with Crippen molar-refractivity contribution in [3.8, 4) is 0 Å². The van der Waals surface area contributed by atoms with Gasteiger partial charge in [-0.25, -0.2) is 4.98 Å². The van der Waals surface area contributed by atoms with Crippen LogP contribution in [-0.2, 0) is 17.8 Å². The maximum atomic E-state index is 12.5. The van der Waals surface area contributed by atoms with Crippen molar-refractivity contribution in [2.45, 2.75) is 45.6 Å². The number of aromatic nitrogens is 2. The summed E-state index contributed by atoms with van der Waals surface area (Å²) >= 11 is 1.55. The number of hydrogen-bond acceptors (Lipinski definition) is 4. The largest absolute Gasteiger partial charge is 0.341 e. The highest BCUT2D eigenvalue weighted by molar-refractivity contribution is 7.18. The van der Waals surface area contributed by atoms with E-state index in [0.29, 0.717) is 5.39 Å². The summed E-state index contributed by atoms with van der Waals surface area (Å²) < 4.78 is 1.45. The molecule has 1 aliphatic rings. The van der Waals surface area contributed by atoms with Gasteiger partial charge in [0.2, 0.25) is 5.91 Å². The summed E-state index contributed by atoms with van der Waals surface area (Å²) in [6.07, 6.45) is 6.89. The van der Waals surface area contributed by atoms with Crippen molar-refractivity contribution in [2.75, 3.05) is 13.1 Å². The molecule has 0 N–H and O–H groups in total. The van der Waals surface area contributed by atoms with Crippen LogP contribution in [0.2, 0.25) is 0 Å². The lowest BCUT2D eigenvalue weighted by Crippen LogP contribution is -2.37. The molecule has 1 amide bonds. The average molecular weight is 319 g/mol. The topological polar surface area (TPSA) is 55.2 Å². The second-order valence-corrected chi connectivity index (χ2v) is 6.87. The van der Waals surface area contributed by atoms with Crippen LogP contribution in [0.1, 0.15) is 37.5 Å². The van der Waals surface area contributed by atoms with Crippen LogP contribution >= 0.6 is 11.3 Å². The number of fused-ring (bicyclic) bond motifs is 1. The molecular formula is C16H21N3O2S. The SMILES string of the molecule is CCc1cc2c(=O)n(CC(=O)N3CCCCCC3)cnc2s1. The predicted molar refractivity (Wildman–Crippen MR) is 88.3 cm³/mol. The number of carbonyl (C=O) groups is 1. The van der Waals surface area contributed by atoms with E-state index in [4.69, 9.17) is 0 Å². The van der Waals surface area contributed by atoms with E-state index in [1.807, 2.05) is 11.0 Å². The van der Waals surface area contributed by atoms with Crippen LogP contribution in [0.15, 0.2) is 17.2 Å². The molecule has 5 nitrogen and oxygen atoms in total. The number of hydrogen-bond donors (Lipinski definition) is 0. The molecule has 0 atom stereocenters. The van der Waals surface area contributed by atoms with Crippen LogP contribution in [0.25, 0.3) is 10.2 Å². The van der Waals surface area contributed by atoms with E-state index in [9.17, 15) is 9.59 Å². The third kappa shape index (κ3) is 3.06. The van der Waals surface area contributed by atoms with Gasteiger partial charge in [0.1, 0.15) is 11.4 Å². The third-order valence-corrected chi connectivity index (χ3v) is 5.37. The van der Waals surface area contributed by atoms with Crippen LogP contribution < -0.4 is 5.56 Å². The van der Waals surface area contributed by atoms with Gasteiger partial charge in [-0.1, -0.05) is 19.8 Å². The van der Waals surface area contributed by atoms with Crippen molar-refractivity contribution in [1.82, 2.24) is 14.5 Å². The lowest BCUT2D eigenvalue weighted by atomic mass is 10.2. The number of thiophene rings is 1. The first-order valence-electron chi connectivity index (χ1n) is 7.94. The van der Waals surface area contributed by atoms with Crippen LogP contribution in [-0.4, -0.2) is 33.4 Å². The molecule has 1 fully saturated rings. The Labute approximate surface area is 133 Å². The first-order valence-corrected chi connectivity index (χ1v) is 8.76. The van der Waals surface area contributed by atoms with Gasteiger partial charge in [-0.15, -0.1) is 11.3 Å². The Hall–Kier alpha value is -1.69. The Bertz CT molecular complexity index is 727. The van der Waals surface area contributed by atoms with Crippen LogP contribution in [0.5, 0.6) is 0 Å². The molecule has 6 heteroatoms. The number of rotatable bonds is 3. The van der Waals surface area contributed by atoms with Gasteiger partial charge in [0, 0.05) is 18.0 Å². The molecule has 1 aliphatic heterocycles. The van der Waals surface area contributed by atoms with Gasteiger partial charge in [0.05, 0.1) is 11.7 Å². The Morgan fingerprint density at radius 2 is 2.00 bits per heavy atom. The van der Waals surface area contributed by atoms with Gasteiger partial charge >= 0.3 is 0 Å². The maximum Gasteiger partial charge on any atom is 0.262 e. The highest BCUT2D eigenvalue weighted by Gasteiger charge is 2.17. The van der Waals surface area contributed by atoms with Crippen LogP contribution in [0, 0.1) is 0 Å². The molecule has 0 bridgehead atoms. The van der Waals surface area contributed by atoms with E-state index in [2.05, 4.69) is 11.9 Å². The molecule has 2 aromatic heterocycles. The average Bonchev–Trinajstić information content (AvgIpc) is 2.76. The number of carbonyl (C=O) groups excluding carboxylic acids is 1. The zero-order valence-electron chi connectivity index (χ0n) is 12.9. The Balaban J connectivity index is 1.82. The zero-order valence-corrected chi connectivity index (χ0v) is 13.7. The van der Waals surface area contributed by atoms with E-state index in [-0.39, 0.29) is 18.0 Å². The molecular weight excluding hydrogens is 298 g/mol. The smallest absolute Gasteiger partial charge is 0.262 e. The van der Waals surface area contributed by atoms with Gasteiger partial charge in [0.25, 0.3) is 5.56 Å². The van der Waals surface area contributed by atoms with Gasteiger partial charge in [0.15, 0.2) is 0 Å². The summed E-state index contributed by atoms with van der Waals surface area (Å²) in [4.78, 5) is 33.0. The summed E-state index contributed by atoms with van der Waals surface area (Å²) in [7, 11) is 0. The van der Waals surface area contributed by atoms with E-state index >= 15 is 0 Å². The number of amides is 1. The second-order valence-electron chi connectivity index (χ2n) is 5.76. The molecule has 3 rings (SSSR count). The minimum Gasteiger partial charge on any atom is -0.341 e. The molecule has 2 aromatic rings.